The number of benzene rings is 2. The molecule has 0 radical (unpaired) electrons. The Hall–Kier alpha value is -3.27. The van der Waals surface area contributed by atoms with E-state index in [0.717, 1.165) is 15.4 Å². The molecule has 1 atom stereocenters. The summed E-state index contributed by atoms with van der Waals surface area (Å²) < 4.78 is 37.7. The maximum atomic E-state index is 13.5. The van der Waals surface area contributed by atoms with E-state index in [2.05, 4.69) is 5.32 Å². The molecule has 2 amide bonds. The molecule has 1 aliphatic heterocycles. The van der Waals surface area contributed by atoms with Gasteiger partial charge in [0.1, 0.15) is 12.6 Å². The largest absolute Gasteiger partial charge is 0.454 e. The van der Waals surface area contributed by atoms with Gasteiger partial charge in [0, 0.05) is 19.2 Å². The van der Waals surface area contributed by atoms with Gasteiger partial charge in [0.2, 0.25) is 28.6 Å². The molecule has 1 heterocycles. The molecular weight excluding hydrogens is 458 g/mol. The van der Waals surface area contributed by atoms with Gasteiger partial charge in [0.15, 0.2) is 11.5 Å². The quantitative estimate of drug-likeness (QED) is 0.550. The molecular formula is C24H31N3O6S. The first-order valence-corrected chi connectivity index (χ1v) is 12.8. The van der Waals surface area contributed by atoms with Crippen molar-refractivity contribution in [3.8, 4) is 11.5 Å². The Kier molecular flexibility index (Phi) is 8.03. The summed E-state index contributed by atoms with van der Waals surface area (Å²) >= 11 is 0. The van der Waals surface area contributed by atoms with Crippen molar-refractivity contribution >= 4 is 27.5 Å². The molecule has 3 rings (SSSR count). The van der Waals surface area contributed by atoms with Gasteiger partial charge in [-0.05, 0) is 45.4 Å². The van der Waals surface area contributed by atoms with Gasteiger partial charge in [-0.3, -0.25) is 13.9 Å². The Bertz CT molecular complexity index is 1130. The fourth-order valence-corrected chi connectivity index (χ4v) is 4.61. The topological polar surface area (TPSA) is 105 Å². The van der Waals surface area contributed by atoms with Gasteiger partial charge in [0.05, 0.1) is 11.4 Å². The van der Waals surface area contributed by atoms with Crippen LogP contribution < -0.4 is 19.1 Å². The second-order valence-corrected chi connectivity index (χ2v) is 10.2. The molecule has 0 bridgehead atoms. The molecule has 34 heavy (non-hydrogen) atoms. The molecule has 0 aromatic heterocycles. The van der Waals surface area contributed by atoms with Gasteiger partial charge in [-0.25, -0.2) is 8.42 Å². The van der Waals surface area contributed by atoms with Crippen LogP contribution in [0.1, 0.15) is 31.9 Å². The molecule has 2 aromatic rings. The molecule has 0 saturated heterocycles. The van der Waals surface area contributed by atoms with Gasteiger partial charge in [0.25, 0.3) is 0 Å². The molecule has 10 heteroatoms. The van der Waals surface area contributed by atoms with Gasteiger partial charge in [-0.15, -0.1) is 0 Å². The average Bonchev–Trinajstić information content (AvgIpc) is 3.29. The molecule has 0 aliphatic carbocycles. The Morgan fingerprint density at radius 1 is 1.06 bits per heavy atom. The summed E-state index contributed by atoms with van der Waals surface area (Å²) in [5, 5.41) is 2.74. The lowest BCUT2D eigenvalue weighted by atomic mass is 10.1. The Balaban J connectivity index is 1.93. The minimum absolute atomic E-state index is 0.0482. The highest BCUT2D eigenvalue weighted by molar-refractivity contribution is 7.92. The highest BCUT2D eigenvalue weighted by Crippen LogP contribution is 2.36. The lowest BCUT2D eigenvalue weighted by Gasteiger charge is -2.31. The van der Waals surface area contributed by atoms with Crippen LogP contribution in [0.4, 0.5) is 5.69 Å². The minimum Gasteiger partial charge on any atom is -0.454 e. The maximum absolute atomic E-state index is 13.5. The molecule has 1 aliphatic rings. The van der Waals surface area contributed by atoms with Crippen LogP contribution in [0.15, 0.2) is 42.5 Å². The first-order chi connectivity index (χ1) is 16.2. The number of nitrogens with zero attached hydrogens (tertiary/aromatic N) is 2. The number of anilines is 1. The number of ether oxygens (including phenoxy) is 2. The monoisotopic (exact) mass is 489 g/mol. The smallest absolute Gasteiger partial charge is 0.244 e. The molecule has 184 valence electrons. The van der Waals surface area contributed by atoms with Crippen molar-refractivity contribution in [1.82, 2.24) is 10.2 Å². The lowest BCUT2D eigenvalue weighted by Crippen LogP contribution is -2.51. The number of hydrogen-bond acceptors (Lipinski definition) is 6. The molecule has 2 aromatic carbocycles. The SMILES string of the molecule is CCNC(=O)[C@H](C)N(Cc1ccc(C)cc1)C(=O)CN(c1ccc2c(c1)OCO2)S(=O)(=O)CC. The van der Waals surface area contributed by atoms with Crippen molar-refractivity contribution < 1.29 is 27.5 Å². The van der Waals surface area contributed by atoms with Crippen LogP contribution in [0.25, 0.3) is 0 Å². The molecule has 1 N–H and O–H groups in total. The van der Waals surface area contributed by atoms with E-state index >= 15 is 0 Å². The highest BCUT2D eigenvalue weighted by atomic mass is 32.2. The van der Waals surface area contributed by atoms with Crippen LogP contribution in [0, 0.1) is 6.92 Å². The third kappa shape index (κ3) is 5.80. The van der Waals surface area contributed by atoms with E-state index in [9.17, 15) is 18.0 Å². The van der Waals surface area contributed by atoms with Crippen molar-refractivity contribution in [3.05, 3.63) is 53.6 Å². The molecule has 0 spiro atoms. The van der Waals surface area contributed by atoms with Crippen molar-refractivity contribution in [2.24, 2.45) is 0 Å². The molecule has 0 saturated carbocycles. The first-order valence-electron chi connectivity index (χ1n) is 11.2. The number of sulfonamides is 1. The Morgan fingerprint density at radius 2 is 1.74 bits per heavy atom. The van der Waals surface area contributed by atoms with Crippen LogP contribution in [0.2, 0.25) is 0 Å². The Morgan fingerprint density at radius 3 is 2.38 bits per heavy atom. The van der Waals surface area contributed by atoms with Crippen LogP contribution in [-0.4, -0.2) is 56.8 Å². The van der Waals surface area contributed by atoms with Gasteiger partial charge in [-0.2, -0.15) is 0 Å². The van der Waals surface area contributed by atoms with Crippen LogP contribution in [-0.2, 0) is 26.2 Å². The number of fused-ring (bicyclic) bond motifs is 1. The number of carbonyl (C=O) groups is 2. The summed E-state index contributed by atoms with van der Waals surface area (Å²) in [6, 6.07) is 11.6. The third-order valence-electron chi connectivity index (χ3n) is 5.62. The zero-order chi connectivity index (χ0) is 24.9. The van der Waals surface area contributed by atoms with Gasteiger partial charge in [-0.1, -0.05) is 29.8 Å². The predicted octanol–water partition coefficient (Wildman–Crippen LogP) is 2.43. The summed E-state index contributed by atoms with van der Waals surface area (Å²) in [4.78, 5) is 27.5. The highest BCUT2D eigenvalue weighted by Gasteiger charge is 2.31. The number of carbonyl (C=O) groups excluding carboxylic acids is 2. The van der Waals surface area contributed by atoms with E-state index in [0.29, 0.717) is 23.7 Å². The van der Waals surface area contributed by atoms with Gasteiger partial charge < -0.3 is 19.7 Å². The first kappa shape index (κ1) is 25.4. The number of nitrogens with one attached hydrogen (secondary N) is 1. The fourth-order valence-electron chi connectivity index (χ4n) is 3.55. The molecule has 0 unspecified atom stereocenters. The van der Waals surface area contributed by atoms with E-state index in [1.54, 1.807) is 32.0 Å². The average molecular weight is 490 g/mol. The maximum Gasteiger partial charge on any atom is 0.244 e. The lowest BCUT2D eigenvalue weighted by molar-refractivity contribution is -0.139. The zero-order valence-electron chi connectivity index (χ0n) is 19.9. The summed E-state index contributed by atoms with van der Waals surface area (Å²) in [6.07, 6.45) is 0. The number of hydrogen-bond donors (Lipinski definition) is 1. The van der Waals surface area contributed by atoms with E-state index in [1.165, 1.54) is 11.8 Å². The van der Waals surface area contributed by atoms with Crippen LogP contribution in [0.3, 0.4) is 0 Å². The number of aryl methyl sites for hydroxylation is 1. The predicted molar refractivity (Wildman–Crippen MR) is 129 cm³/mol. The zero-order valence-corrected chi connectivity index (χ0v) is 20.7. The second kappa shape index (κ2) is 10.8. The number of rotatable bonds is 10. The third-order valence-corrected chi connectivity index (χ3v) is 7.36. The van der Waals surface area contributed by atoms with E-state index < -0.39 is 28.5 Å². The summed E-state index contributed by atoms with van der Waals surface area (Å²) in [6.45, 7) is 7.09. The van der Waals surface area contributed by atoms with Crippen molar-refractivity contribution in [3.63, 3.8) is 0 Å². The van der Waals surface area contributed by atoms with E-state index in [-0.39, 0.29) is 25.0 Å². The van der Waals surface area contributed by atoms with Crippen LogP contribution in [0.5, 0.6) is 11.5 Å². The fraction of sp³-hybridized carbons (Fsp3) is 0.417. The summed E-state index contributed by atoms with van der Waals surface area (Å²) in [5.74, 6) is -0.0772. The van der Waals surface area contributed by atoms with Crippen molar-refractivity contribution in [2.75, 3.05) is 29.9 Å². The summed E-state index contributed by atoms with van der Waals surface area (Å²) in [5.41, 5.74) is 2.20. The number of amides is 2. The standard InChI is InChI=1S/C24H31N3O6S/c1-5-25-24(29)18(4)26(14-19-9-7-17(3)8-10-19)23(28)15-27(34(30,31)6-2)20-11-12-21-22(13-20)33-16-32-21/h7-13,18H,5-6,14-16H2,1-4H3,(H,25,29)/t18-/m0/s1. The number of likely N-dealkylation sites (N-methyl/N-ethyl adjacent to an activating group) is 1. The van der Waals surface area contributed by atoms with Gasteiger partial charge >= 0.3 is 0 Å². The van der Waals surface area contributed by atoms with E-state index in [4.69, 9.17) is 9.47 Å². The minimum atomic E-state index is -3.81. The Labute approximate surface area is 200 Å². The summed E-state index contributed by atoms with van der Waals surface area (Å²) in [7, 11) is -3.81. The van der Waals surface area contributed by atoms with Crippen molar-refractivity contribution in [1.29, 1.82) is 0 Å². The molecule has 0 fully saturated rings. The van der Waals surface area contributed by atoms with Crippen LogP contribution >= 0.6 is 0 Å². The van der Waals surface area contributed by atoms with Crippen molar-refractivity contribution in [2.45, 2.75) is 40.3 Å². The van der Waals surface area contributed by atoms with E-state index in [1.807, 2.05) is 31.2 Å². The normalized spacial score (nSPS) is 13.3. The molecule has 9 nitrogen and oxygen atoms in total. The second-order valence-electron chi connectivity index (χ2n) is 8.02.